The monoisotopic (exact) mass is 1330 g/mol. The quantitative estimate of drug-likeness (QED) is 0.0388. The van der Waals surface area contributed by atoms with Crippen LogP contribution in [0.1, 0.15) is 208 Å². The molecule has 20 nitrogen and oxygen atoms in total. The highest BCUT2D eigenvalue weighted by molar-refractivity contribution is 6.29. The summed E-state index contributed by atoms with van der Waals surface area (Å²) in [7, 11) is 0. The molecule has 0 bridgehead atoms. The number of esters is 2. The Labute approximate surface area is 563 Å². The largest absolute Gasteiger partial charge is 0.461 e. The lowest BCUT2D eigenvalue weighted by Gasteiger charge is -2.61. The predicted octanol–water partition coefficient (Wildman–Crippen LogP) is 11.4. The third kappa shape index (κ3) is 11.6. The molecule has 0 amide bonds. The van der Waals surface area contributed by atoms with Gasteiger partial charge in [-0.15, -0.1) is 12.8 Å². The van der Waals surface area contributed by atoms with Crippen LogP contribution in [0.5, 0.6) is 0 Å². The maximum absolute atomic E-state index is 13.4. The number of carbonyl (C=O) groups excluding carboxylic acids is 2. The van der Waals surface area contributed by atoms with Crippen LogP contribution in [0, 0.1) is 117 Å². The summed E-state index contributed by atoms with van der Waals surface area (Å²) in [6, 6.07) is 0. The summed E-state index contributed by atoms with van der Waals surface area (Å²) in [6.07, 6.45) is 35.2. The van der Waals surface area contributed by atoms with Gasteiger partial charge in [-0.3, -0.25) is 18.7 Å². The molecule has 2 saturated heterocycles. The Morgan fingerprint density at radius 1 is 0.617 bits per heavy atom. The van der Waals surface area contributed by atoms with Crippen molar-refractivity contribution in [2.45, 2.75) is 244 Å². The van der Waals surface area contributed by atoms with Crippen LogP contribution >= 0.6 is 23.2 Å². The van der Waals surface area contributed by atoms with Crippen molar-refractivity contribution in [3.05, 3.63) is 23.2 Å². The van der Waals surface area contributed by atoms with Gasteiger partial charge in [0, 0.05) is 25.7 Å². The molecule has 0 radical (unpaired) electrons. The average Bonchev–Trinajstić information content (AvgIpc) is 0.990. The highest BCUT2D eigenvalue weighted by Crippen LogP contribution is 2.70. The fourth-order valence-electron chi connectivity index (χ4n) is 22.8. The van der Waals surface area contributed by atoms with Crippen molar-refractivity contribution in [1.29, 1.82) is 0 Å². The molecule has 0 aromatic carbocycles. The van der Waals surface area contributed by atoms with E-state index in [2.05, 4.69) is 83.3 Å². The van der Waals surface area contributed by atoms with Crippen LogP contribution in [0.3, 0.4) is 0 Å². The maximum atomic E-state index is 13.4. The molecule has 10 aliphatic rings. The first kappa shape index (κ1) is 67.7. The van der Waals surface area contributed by atoms with Gasteiger partial charge in [0.1, 0.15) is 42.3 Å². The zero-order chi connectivity index (χ0) is 66.6. The molecule has 0 unspecified atom stereocenters. The van der Waals surface area contributed by atoms with Crippen molar-refractivity contribution in [3.63, 3.8) is 0 Å². The van der Waals surface area contributed by atoms with E-state index in [9.17, 15) is 30.0 Å². The van der Waals surface area contributed by atoms with Crippen LogP contribution in [-0.2, 0) is 28.5 Å². The van der Waals surface area contributed by atoms with E-state index < -0.39 is 42.5 Å². The van der Waals surface area contributed by atoms with Crippen LogP contribution in [-0.4, -0.2) is 120 Å². The highest BCUT2D eigenvalue weighted by atomic mass is 35.5. The summed E-state index contributed by atoms with van der Waals surface area (Å²) in [4.78, 5) is 51.4. The van der Waals surface area contributed by atoms with Crippen LogP contribution in [0.2, 0.25) is 10.6 Å². The van der Waals surface area contributed by atoms with E-state index in [0.29, 0.717) is 85.9 Å². The van der Waals surface area contributed by atoms with Crippen LogP contribution < -0.4 is 11.5 Å². The topological polar surface area (TPSA) is 291 Å². The SMILES string of the molecule is C#C[C@]1(CO)O[C@@H](n2cnc3c(N)nc(Cl)nc32)C[C@@H]1OC(=O)CC[C@@H](C)[C@H]1CC[C@H]2[C@@H]3CC[C@@H]4C[C@H](O)CC[C@]4(C)[C@H]3CC[C@]12C.C#C[C@]1(COC(=O)CC[C@@H](C)[C@H]2CC[C@H]3[C@@H]4CC[C@@H]5C[C@H](O)CC[C@]5(C)[C@H]4CC[C@]23C)O[C@@H](n2cnc3c(N)nc(Cl)nc32)C[C@@H]1O. The number of terminal acetylenes is 2. The minimum Gasteiger partial charge on any atom is -0.461 e. The van der Waals surface area contributed by atoms with Crippen molar-refractivity contribution < 1.29 is 49.0 Å². The number of anilines is 2. The summed E-state index contributed by atoms with van der Waals surface area (Å²) in [6.45, 7) is 14.1. The molecular weight excluding hydrogens is 1240 g/mol. The lowest BCUT2D eigenvalue weighted by molar-refractivity contribution is -0.159. The maximum Gasteiger partial charge on any atom is 0.306 e. The van der Waals surface area contributed by atoms with Crippen LogP contribution in [0.25, 0.3) is 22.3 Å². The number of ether oxygens (including phenoxy) is 4. The molecule has 24 atom stereocenters. The average molecular weight is 1340 g/mol. The number of aliphatic hydroxyl groups excluding tert-OH is 4. The predicted molar refractivity (Wildman–Crippen MR) is 355 cm³/mol. The third-order valence-electron chi connectivity index (χ3n) is 27.9. The highest BCUT2D eigenvalue weighted by Gasteiger charge is 2.63. The lowest BCUT2D eigenvalue weighted by atomic mass is 9.44. The molecule has 6 heterocycles. The van der Waals surface area contributed by atoms with E-state index in [1.807, 2.05) is 0 Å². The fourth-order valence-corrected chi connectivity index (χ4v) is 23.2. The Morgan fingerprint density at radius 2 is 1.06 bits per heavy atom. The number of halogens is 2. The smallest absolute Gasteiger partial charge is 0.306 e. The molecule has 4 aromatic rings. The standard InChI is InChI=1S/2C36H50ClN5O5/c1-5-36(27(44)17-28(47-36)42-19-39-30-31(38)40-33(37)41-32(30)42)18-46-29(45)11-6-20(2)24-9-10-25-23-8-7-21-16-22(43)12-14-34(21,3)26(23)13-15-35(24,25)4;1-5-36(18-43)27(17-28(47-36)42-19-39-30-31(38)40-33(37)41-32(30)42)46-29(45)11-6-20(2)24-9-10-25-23-8-7-21-16-22(44)12-14-34(21,3)26(23)13-15-35(24,25)4/h2*1,19-28,43-44H,6-18H2,2-4H3,(H2,38,40,41)/t2*20-,21-,22-,23+,24-,25+,26+,27+,28-,34+,35-,36-/m11/s1. The molecule has 4 aromatic heterocycles. The summed E-state index contributed by atoms with van der Waals surface area (Å²) in [5.74, 6) is 12.7. The van der Waals surface area contributed by atoms with Crippen LogP contribution in [0.15, 0.2) is 12.7 Å². The van der Waals surface area contributed by atoms with Gasteiger partial charge in [0.15, 0.2) is 34.1 Å². The van der Waals surface area contributed by atoms with Gasteiger partial charge in [-0.2, -0.15) is 19.9 Å². The first-order valence-electron chi connectivity index (χ1n) is 35.4. The number of hydrogen-bond acceptors (Lipinski definition) is 18. The fraction of sp³-hybridized carbons (Fsp3) is 0.778. The normalized spacial score (nSPS) is 41.9. The van der Waals surface area contributed by atoms with E-state index in [1.165, 1.54) is 103 Å². The summed E-state index contributed by atoms with van der Waals surface area (Å²) < 4.78 is 27.2. The van der Waals surface area contributed by atoms with Gasteiger partial charge >= 0.3 is 11.9 Å². The summed E-state index contributed by atoms with van der Waals surface area (Å²) in [5.41, 5.74) is 11.8. The molecule has 8 aliphatic carbocycles. The van der Waals surface area contributed by atoms with Crippen molar-refractivity contribution in [2.75, 3.05) is 24.7 Å². The minimum atomic E-state index is -1.50. The number of carbonyl (C=O) groups is 2. The van der Waals surface area contributed by atoms with Crippen molar-refractivity contribution in [1.82, 2.24) is 39.0 Å². The van der Waals surface area contributed by atoms with E-state index in [0.717, 1.165) is 74.0 Å². The molecule has 10 fully saturated rings. The molecule has 0 spiro atoms. The van der Waals surface area contributed by atoms with E-state index in [4.69, 9.17) is 66.5 Å². The number of hydrogen-bond donors (Lipinski definition) is 6. The Morgan fingerprint density at radius 3 is 1.54 bits per heavy atom. The van der Waals surface area contributed by atoms with E-state index >= 15 is 0 Å². The molecule has 2 aliphatic heterocycles. The number of rotatable bonds is 14. The number of aliphatic hydroxyl groups is 4. The van der Waals surface area contributed by atoms with Gasteiger partial charge in [0.2, 0.25) is 10.6 Å². The number of nitrogen functional groups attached to an aromatic ring is 2. The number of nitrogens with zero attached hydrogens (tertiary/aromatic N) is 8. The molecule has 512 valence electrons. The van der Waals surface area contributed by atoms with Crippen molar-refractivity contribution >= 4 is 69.1 Å². The van der Waals surface area contributed by atoms with Gasteiger partial charge in [0.25, 0.3) is 0 Å². The third-order valence-corrected chi connectivity index (χ3v) is 28.2. The van der Waals surface area contributed by atoms with Gasteiger partial charge in [-0.25, -0.2) is 9.97 Å². The second-order valence-electron chi connectivity index (χ2n) is 32.1. The van der Waals surface area contributed by atoms with E-state index in [1.54, 1.807) is 9.13 Å². The van der Waals surface area contributed by atoms with E-state index in [-0.39, 0.29) is 72.2 Å². The Kier molecular flexibility index (Phi) is 18.5. The zero-order valence-electron chi connectivity index (χ0n) is 55.8. The number of imidazole rings is 2. The van der Waals surface area contributed by atoms with Gasteiger partial charge in [-0.1, -0.05) is 53.4 Å². The Hall–Kier alpha value is -4.90. The summed E-state index contributed by atoms with van der Waals surface area (Å²) >= 11 is 12.1. The molecule has 8 N–H and O–H groups in total. The Balaban J connectivity index is 0.000000171. The molecule has 22 heteroatoms. The van der Waals surface area contributed by atoms with Gasteiger partial charge < -0.3 is 50.8 Å². The number of aromatic nitrogens is 8. The number of nitrogens with two attached hydrogens (primary N) is 2. The van der Waals surface area contributed by atoms with Crippen molar-refractivity contribution in [3.8, 4) is 24.7 Å². The second-order valence-corrected chi connectivity index (χ2v) is 32.7. The lowest BCUT2D eigenvalue weighted by Crippen LogP contribution is -2.54. The molecule has 8 saturated carbocycles. The molecule has 94 heavy (non-hydrogen) atoms. The van der Waals surface area contributed by atoms with Gasteiger partial charge in [-0.05, 0) is 244 Å². The second kappa shape index (κ2) is 25.8. The van der Waals surface area contributed by atoms with Crippen molar-refractivity contribution in [2.24, 2.45) is 92.7 Å². The Bertz CT molecular complexity index is 3570. The van der Waals surface area contributed by atoms with Gasteiger partial charge in [0.05, 0.1) is 31.5 Å². The first-order valence-corrected chi connectivity index (χ1v) is 36.2. The van der Waals surface area contributed by atoms with Crippen LogP contribution in [0.4, 0.5) is 11.6 Å². The number of fused-ring (bicyclic) bond motifs is 12. The zero-order valence-corrected chi connectivity index (χ0v) is 57.3. The summed E-state index contributed by atoms with van der Waals surface area (Å²) in [5, 5.41) is 42.0. The minimum absolute atomic E-state index is 0.0284. The molecule has 14 rings (SSSR count). The molecular formula is C72H100Cl2N10O10. The first-order chi connectivity index (χ1) is 44.8.